The molecule has 1 aromatic carbocycles. The number of esters is 1. The molecule has 0 aliphatic carbocycles. The van der Waals surface area contributed by atoms with Crippen molar-refractivity contribution in [1.82, 2.24) is 5.32 Å². The monoisotopic (exact) mass is 349 g/mol. The highest BCUT2D eigenvalue weighted by Gasteiger charge is 2.43. The Morgan fingerprint density at radius 1 is 1.08 bits per heavy atom. The molecule has 1 amide bonds. The summed E-state index contributed by atoms with van der Waals surface area (Å²) in [5.74, 6) is -1.21. The van der Waals surface area contributed by atoms with Crippen LogP contribution in [0.4, 0.5) is 4.79 Å². The second-order valence-electron chi connectivity index (χ2n) is 6.64. The first kappa shape index (κ1) is 20.7. The van der Waals surface area contributed by atoms with Crippen LogP contribution in [0.5, 0.6) is 0 Å². The minimum absolute atomic E-state index is 0.104. The second kappa shape index (κ2) is 9.20. The number of hydrogen-bond donors (Lipinski definition) is 1. The molecule has 1 aromatic rings. The second-order valence-corrected chi connectivity index (χ2v) is 6.64. The van der Waals surface area contributed by atoms with Crippen LogP contribution in [-0.4, -0.2) is 30.5 Å². The van der Waals surface area contributed by atoms with Gasteiger partial charge in [-0.25, -0.2) is 4.79 Å². The van der Waals surface area contributed by atoms with E-state index in [0.717, 1.165) is 5.56 Å². The number of rotatable bonds is 8. The standard InChI is InChI=1S/C19H27NO5/c1-6-24-17(22)19(4,5)16(21)15(13(2)3)20-18(23)25-12-14-10-8-7-9-11-14/h7-11,13,15H,6,12H2,1-5H3,(H,20,23)/t15-/m0/s1. The molecule has 0 fully saturated rings. The molecular weight excluding hydrogens is 322 g/mol. The topological polar surface area (TPSA) is 81.7 Å². The van der Waals surface area contributed by atoms with Crippen LogP contribution < -0.4 is 5.32 Å². The van der Waals surface area contributed by atoms with Crippen LogP contribution in [0.3, 0.4) is 0 Å². The minimum Gasteiger partial charge on any atom is -0.465 e. The van der Waals surface area contributed by atoms with Gasteiger partial charge in [-0.2, -0.15) is 0 Å². The Morgan fingerprint density at radius 2 is 1.68 bits per heavy atom. The molecule has 0 saturated heterocycles. The largest absolute Gasteiger partial charge is 0.465 e. The summed E-state index contributed by atoms with van der Waals surface area (Å²) in [6, 6.07) is 8.39. The Bertz CT molecular complexity index is 595. The third-order valence-electron chi connectivity index (χ3n) is 3.84. The third-order valence-corrected chi connectivity index (χ3v) is 3.84. The van der Waals surface area contributed by atoms with Gasteiger partial charge in [-0.3, -0.25) is 9.59 Å². The highest BCUT2D eigenvalue weighted by Crippen LogP contribution is 2.23. The van der Waals surface area contributed by atoms with Crippen molar-refractivity contribution in [1.29, 1.82) is 0 Å². The fraction of sp³-hybridized carbons (Fsp3) is 0.526. The average molecular weight is 349 g/mol. The van der Waals surface area contributed by atoms with Crippen LogP contribution in [0, 0.1) is 11.3 Å². The predicted octanol–water partition coefficient (Wildman–Crippen LogP) is 3.10. The van der Waals surface area contributed by atoms with Gasteiger partial charge in [0, 0.05) is 0 Å². The normalized spacial score (nSPS) is 12.4. The van der Waals surface area contributed by atoms with Crippen LogP contribution in [0.1, 0.15) is 40.2 Å². The molecule has 138 valence electrons. The summed E-state index contributed by atoms with van der Waals surface area (Å²) in [4.78, 5) is 36.9. The smallest absolute Gasteiger partial charge is 0.408 e. The van der Waals surface area contributed by atoms with Crippen LogP contribution in [0.25, 0.3) is 0 Å². The van der Waals surface area contributed by atoms with Gasteiger partial charge in [0.2, 0.25) is 0 Å². The number of carbonyl (C=O) groups excluding carboxylic acids is 3. The molecule has 25 heavy (non-hydrogen) atoms. The van der Waals surface area contributed by atoms with Crippen molar-refractivity contribution in [3.8, 4) is 0 Å². The molecule has 1 rings (SSSR count). The average Bonchev–Trinajstić information content (AvgIpc) is 2.58. The highest BCUT2D eigenvalue weighted by atomic mass is 16.5. The van der Waals surface area contributed by atoms with Crippen LogP contribution >= 0.6 is 0 Å². The molecule has 1 N–H and O–H groups in total. The molecule has 6 nitrogen and oxygen atoms in total. The van der Waals surface area contributed by atoms with Gasteiger partial charge < -0.3 is 14.8 Å². The Balaban J connectivity index is 2.74. The van der Waals surface area contributed by atoms with E-state index in [1.54, 1.807) is 20.8 Å². The Hall–Kier alpha value is -2.37. The van der Waals surface area contributed by atoms with E-state index in [1.165, 1.54) is 13.8 Å². The van der Waals surface area contributed by atoms with E-state index < -0.39 is 29.3 Å². The molecule has 0 aliphatic heterocycles. The van der Waals surface area contributed by atoms with Crippen molar-refractivity contribution in [2.75, 3.05) is 6.61 Å². The van der Waals surface area contributed by atoms with Gasteiger partial charge in [-0.05, 0) is 32.3 Å². The number of amides is 1. The molecule has 0 radical (unpaired) electrons. The molecule has 0 bridgehead atoms. The summed E-state index contributed by atoms with van der Waals surface area (Å²) < 4.78 is 10.1. The lowest BCUT2D eigenvalue weighted by molar-refractivity contribution is -0.158. The first-order chi connectivity index (χ1) is 11.7. The maximum atomic E-state index is 12.8. The Kier molecular flexibility index (Phi) is 7.61. The zero-order valence-electron chi connectivity index (χ0n) is 15.5. The Morgan fingerprint density at radius 3 is 2.20 bits per heavy atom. The van der Waals surface area contributed by atoms with Crippen molar-refractivity contribution in [3.05, 3.63) is 35.9 Å². The van der Waals surface area contributed by atoms with E-state index in [-0.39, 0.29) is 19.1 Å². The van der Waals surface area contributed by atoms with Gasteiger partial charge in [0.1, 0.15) is 12.0 Å². The fourth-order valence-electron chi connectivity index (χ4n) is 2.23. The number of ketones is 1. The van der Waals surface area contributed by atoms with Crippen LogP contribution in [-0.2, 0) is 25.7 Å². The van der Waals surface area contributed by atoms with Crippen molar-refractivity contribution in [2.24, 2.45) is 11.3 Å². The van der Waals surface area contributed by atoms with E-state index in [1.807, 2.05) is 30.3 Å². The first-order valence-electron chi connectivity index (χ1n) is 8.38. The highest BCUT2D eigenvalue weighted by molar-refractivity contribution is 6.06. The maximum absolute atomic E-state index is 12.8. The van der Waals surface area contributed by atoms with E-state index in [9.17, 15) is 14.4 Å². The molecule has 6 heteroatoms. The summed E-state index contributed by atoms with van der Waals surface area (Å²) in [6.45, 7) is 8.56. The van der Waals surface area contributed by atoms with E-state index in [2.05, 4.69) is 5.32 Å². The molecule has 0 spiro atoms. The zero-order valence-corrected chi connectivity index (χ0v) is 15.5. The number of ether oxygens (including phenoxy) is 2. The van der Waals surface area contributed by atoms with Gasteiger partial charge in [0.15, 0.2) is 5.78 Å². The van der Waals surface area contributed by atoms with Gasteiger partial charge >= 0.3 is 12.1 Å². The minimum atomic E-state index is -1.35. The third kappa shape index (κ3) is 5.89. The lowest BCUT2D eigenvalue weighted by Crippen LogP contribution is -2.52. The van der Waals surface area contributed by atoms with Crippen LogP contribution in [0.2, 0.25) is 0 Å². The number of carbonyl (C=O) groups is 3. The summed E-state index contributed by atoms with van der Waals surface area (Å²) in [5, 5.41) is 2.57. The summed E-state index contributed by atoms with van der Waals surface area (Å²) in [5.41, 5.74) is -0.505. The number of Topliss-reactive ketones (excluding diaryl/α,β-unsaturated/α-hetero) is 1. The molecule has 0 saturated carbocycles. The number of alkyl carbamates (subject to hydrolysis) is 1. The summed E-state index contributed by atoms with van der Waals surface area (Å²) in [7, 11) is 0. The van der Waals surface area contributed by atoms with Gasteiger partial charge in [-0.15, -0.1) is 0 Å². The van der Waals surface area contributed by atoms with Gasteiger partial charge in [0.25, 0.3) is 0 Å². The van der Waals surface area contributed by atoms with Gasteiger partial charge in [-0.1, -0.05) is 44.2 Å². The zero-order chi connectivity index (χ0) is 19.0. The van der Waals surface area contributed by atoms with E-state index in [0.29, 0.717) is 0 Å². The lowest BCUT2D eigenvalue weighted by Gasteiger charge is -2.29. The number of hydrogen-bond acceptors (Lipinski definition) is 5. The Labute approximate surface area is 148 Å². The molecule has 1 atom stereocenters. The van der Waals surface area contributed by atoms with Crippen LogP contribution in [0.15, 0.2) is 30.3 Å². The fourth-order valence-corrected chi connectivity index (χ4v) is 2.23. The first-order valence-corrected chi connectivity index (χ1v) is 8.38. The van der Waals surface area contributed by atoms with Gasteiger partial charge in [0.05, 0.1) is 12.6 Å². The number of benzene rings is 1. The maximum Gasteiger partial charge on any atom is 0.408 e. The number of nitrogens with one attached hydrogen (secondary N) is 1. The predicted molar refractivity (Wildman–Crippen MR) is 93.8 cm³/mol. The van der Waals surface area contributed by atoms with Crippen molar-refractivity contribution in [3.63, 3.8) is 0 Å². The van der Waals surface area contributed by atoms with E-state index >= 15 is 0 Å². The SMILES string of the molecule is CCOC(=O)C(C)(C)C(=O)[C@@H](NC(=O)OCc1ccccc1)C(C)C. The molecular formula is C19H27NO5. The van der Waals surface area contributed by atoms with Crippen molar-refractivity contribution < 1.29 is 23.9 Å². The quantitative estimate of drug-likeness (QED) is 0.576. The molecule has 0 aliphatic rings. The summed E-state index contributed by atoms with van der Waals surface area (Å²) in [6.07, 6.45) is -0.699. The molecule has 0 heterocycles. The summed E-state index contributed by atoms with van der Waals surface area (Å²) >= 11 is 0. The lowest BCUT2D eigenvalue weighted by atomic mass is 9.81. The molecule has 0 unspecified atom stereocenters. The van der Waals surface area contributed by atoms with Crippen molar-refractivity contribution >= 4 is 17.8 Å². The van der Waals surface area contributed by atoms with E-state index in [4.69, 9.17) is 9.47 Å². The van der Waals surface area contributed by atoms with Crippen molar-refractivity contribution in [2.45, 2.75) is 47.3 Å². The molecule has 0 aromatic heterocycles.